The van der Waals surface area contributed by atoms with E-state index in [1.807, 2.05) is 49.1 Å². The van der Waals surface area contributed by atoms with Crippen LogP contribution in [-0.4, -0.2) is 34.0 Å². The van der Waals surface area contributed by atoms with Crippen molar-refractivity contribution in [2.45, 2.75) is 38.5 Å². The van der Waals surface area contributed by atoms with E-state index in [1.54, 1.807) is 0 Å². The summed E-state index contributed by atoms with van der Waals surface area (Å²) in [6.07, 6.45) is 1.88. The predicted molar refractivity (Wildman–Crippen MR) is 92.5 cm³/mol. The fraction of sp³-hybridized carbons (Fsp3) is 0.421. The number of fused-ring (bicyclic) bond motifs is 1. The smallest absolute Gasteiger partial charge is 0.289 e. The van der Waals surface area contributed by atoms with E-state index in [9.17, 15) is 4.79 Å². The fourth-order valence-electron chi connectivity index (χ4n) is 3.26. The molecule has 1 aromatic carbocycles. The van der Waals surface area contributed by atoms with Crippen LogP contribution in [-0.2, 0) is 0 Å². The molecule has 0 aliphatic carbocycles. The number of furan rings is 1. The number of likely N-dealkylation sites (tertiary alicyclic amines) is 1. The number of hydrogen-bond donors (Lipinski definition) is 0. The molecule has 130 valence electrons. The van der Waals surface area contributed by atoms with E-state index in [1.165, 1.54) is 0 Å². The Kier molecular flexibility index (Phi) is 4.03. The highest BCUT2D eigenvalue weighted by Gasteiger charge is 2.30. The molecule has 1 fully saturated rings. The Hall–Kier alpha value is -2.63. The first-order valence-corrected chi connectivity index (χ1v) is 8.73. The zero-order valence-electron chi connectivity index (χ0n) is 14.4. The lowest BCUT2D eigenvalue weighted by Crippen LogP contribution is -2.39. The van der Waals surface area contributed by atoms with Gasteiger partial charge in [-0.1, -0.05) is 37.2 Å². The summed E-state index contributed by atoms with van der Waals surface area (Å²) in [5.74, 6) is 1.98. The molecule has 3 heterocycles. The van der Waals surface area contributed by atoms with Gasteiger partial charge in [0.05, 0.1) is 0 Å². The van der Waals surface area contributed by atoms with Crippen molar-refractivity contribution in [3.8, 4) is 0 Å². The van der Waals surface area contributed by atoms with Crippen molar-refractivity contribution in [2.75, 3.05) is 13.1 Å². The molecule has 0 radical (unpaired) electrons. The van der Waals surface area contributed by atoms with E-state index in [0.717, 1.165) is 30.4 Å². The number of nitrogens with zero attached hydrogens (tertiary/aromatic N) is 3. The average Bonchev–Trinajstić information content (AvgIpc) is 3.28. The molecule has 0 bridgehead atoms. The van der Waals surface area contributed by atoms with Gasteiger partial charge < -0.3 is 13.8 Å². The van der Waals surface area contributed by atoms with E-state index in [4.69, 9.17) is 8.94 Å². The fourth-order valence-corrected chi connectivity index (χ4v) is 3.26. The number of aromatic nitrogens is 2. The maximum Gasteiger partial charge on any atom is 0.289 e. The van der Waals surface area contributed by atoms with Crippen molar-refractivity contribution in [1.82, 2.24) is 15.0 Å². The average molecular weight is 339 g/mol. The largest absolute Gasteiger partial charge is 0.451 e. The molecule has 1 saturated heterocycles. The number of rotatable bonds is 3. The standard InChI is InChI=1S/C19H21N3O3/c1-12(2)18-20-17(21-25-18)14-7-5-9-22(11-14)19(23)16-10-13-6-3-4-8-15(13)24-16/h3-4,6,8,10,12,14H,5,7,9,11H2,1-2H3/t14-/m1/s1. The molecule has 0 spiro atoms. The van der Waals surface area contributed by atoms with Gasteiger partial charge in [0.1, 0.15) is 5.58 Å². The van der Waals surface area contributed by atoms with Gasteiger partial charge in [-0.05, 0) is 25.0 Å². The molecule has 3 aromatic rings. The van der Waals surface area contributed by atoms with Crippen LogP contribution in [0.1, 0.15) is 60.8 Å². The van der Waals surface area contributed by atoms with Gasteiger partial charge in [0.2, 0.25) is 5.89 Å². The van der Waals surface area contributed by atoms with Crippen molar-refractivity contribution < 1.29 is 13.7 Å². The minimum absolute atomic E-state index is 0.0755. The molecule has 1 atom stereocenters. The van der Waals surface area contributed by atoms with Crippen LogP contribution in [0, 0.1) is 0 Å². The van der Waals surface area contributed by atoms with E-state index < -0.39 is 0 Å². The Morgan fingerprint density at radius 1 is 1.32 bits per heavy atom. The van der Waals surface area contributed by atoms with Crippen molar-refractivity contribution in [3.05, 3.63) is 47.8 Å². The van der Waals surface area contributed by atoms with Gasteiger partial charge in [0.25, 0.3) is 5.91 Å². The van der Waals surface area contributed by atoms with E-state index in [-0.39, 0.29) is 17.7 Å². The number of para-hydroxylation sites is 1. The lowest BCUT2D eigenvalue weighted by Gasteiger charge is -2.30. The molecular formula is C19H21N3O3. The van der Waals surface area contributed by atoms with Crippen LogP contribution in [0.5, 0.6) is 0 Å². The predicted octanol–water partition coefficient (Wildman–Crippen LogP) is 3.96. The van der Waals surface area contributed by atoms with Gasteiger partial charge >= 0.3 is 0 Å². The van der Waals surface area contributed by atoms with Crippen LogP contribution < -0.4 is 0 Å². The molecule has 1 aliphatic rings. The summed E-state index contributed by atoms with van der Waals surface area (Å²) in [4.78, 5) is 19.2. The second-order valence-electron chi connectivity index (χ2n) is 6.88. The molecule has 6 heteroatoms. The molecule has 0 saturated carbocycles. The molecule has 6 nitrogen and oxygen atoms in total. The monoisotopic (exact) mass is 339 g/mol. The van der Waals surface area contributed by atoms with Gasteiger partial charge in [-0.25, -0.2) is 0 Å². The second-order valence-corrected chi connectivity index (χ2v) is 6.88. The third-order valence-electron chi connectivity index (χ3n) is 4.66. The zero-order chi connectivity index (χ0) is 17.4. The number of carbonyl (C=O) groups excluding carboxylic acids is 1. The van der Waals surface area contributed by atoms with Gasteiger partial charge in [0.15, 0.2) is 11.6 Å². The maximum absolute atomic E-state index is 12.8. The first-order valence-electron chi connectivity index (χ1n) is 8.73. The Morgan fingerprint density at radius 3 is 2.92 bits per heavy atom. The molecule has 2 aromatic heterocycles. The third kappa shape index (κ3) is 3.04. The SMILES string of the molecule is CC(C)c1nc([C@@H]2CCCN(C(=O)c3cc4ccccc4o3)C2)no1. The Labute approximate surface area is 145 Å². The number of amides is 1. The minimum Gasteiger partial charge on any atom is -0.451 e. The Balaban J connectivity index is 1.52. The number of carbonyl (C=O) groups is 1. The summed E-state index contributed by atoms with van der Waals surface area (Å²) in [5, 5.41) is 5.06. The van der Waals surface area contributed by atoms with Crippen molar-refractivity contribution in [1.29, 1.82) is 0 Å². The number of piperidine rings is 1. The van der Waals surface area contributed by atoms with Gasteiger partial charge in [-0.2, -0.15) is 4.98 Å². The zero-order valence-corrected chi connectivity index (χ0v) is 14.4. The summed E-state index contributed by atoms with van der Waals surface area (Å²) in [7, 11) is 0. The summed E-state index contributed by atoms with van der Waals surface area (Å²) in [6, 6.07) is 9.47. The molecule has 4 rings (SSSR count). The molecule has 25 heavy (non-hydrogen) atoms. The summed E-state index contributed by atoms with van der Waals surface area (Å²) in [5.41, 5.74) is 0.735. The topological polar surface area (TPSA) is 72.4 Å². The first kappa shape index (κ1) is 15.9. The van der Waals surface area contributed by atoms with Gasteiger partial charge in [0, 0.05) is 30.3 Å². The highest BCUT2D eigenvalue weighted by atomic mass is 16.5. The van der Waals surface area contributed by atoms with E-state index in [0.29, 0.717) is 24.0 Å². The van der Waals surface area contributed by atoms with E-state index >= 15 is 0 Å². The summed E-state index contributed by atoms with van der Waals surface area (Å²) in [6.45, 7) is 5.36. The lowest BCUT2D eigenvalue weighted by molar-refractivity contribution is 0.0674. The highest BCUT2D eigenvalue weighted by Crippen LogP contribution is 2.28. The normalized spacial score (nSPS) is 18.2. The maximum atomic E-state index is 12.8. The number of hydrogen-bond acceptors (Lipinski definition) is 5. The number of benzene rings is 1. The second kappa shape index (κ2) is 6.35. The Morgan fingerprint density at radius 2 is 2.16 bits per heavy atom. The van der Waals surface area contributed by atoms with Crippen LogP contribution >= 0.6 is 0 Å². The Bertz CT molecular complexity index is 863. The van der Waals surface area contributed by atoms with Crippen LogP contribution in [0.4, 0.5) is 0 Å². The molecular weight excluding hydrogens is 318 g/mol. The molecule has 1 amide bonds. The molecule has 0 unspecified atom stereocenters. The lowest BCUT2D eigenvalue weighted by atomic mass is 9.97. The van der Waals surface area contributed by atoms with Crippen LogP contribution in [0.3, 0.4) is 0 Å². The molecule has 0 N–H and O–H groups in total. The van der Waals surface area contributed by atoms with Gasteiger partial charge in [-0.15, -0.1) is 0 Å². The van der Waals surface area contributed by atoms with Crippen LogP contribution in [0.2, 0.25) is 0 Å². The first-order chi connectivity index (χ1) is 12.1. The highest BCUT2D eigenvalue weighted by molar-refractivity contribution is 5.96. The van der Waals surface area contributed by atoms with Crippen LogP contribution in [0.25, 0.3) is 11.0 Å². The van der Waals surface area contributed by atoms with Crippen molar-refractivity contribution >= 4 is 16.9 Å². The van der Waals surface area contributed by atoms with Crippen LogP contribution in [0.15, 0.2) is 39.3 Å². The van der Waals surface area contributed by atoms with Crippen molar-refractivity contribution in [3.63, 3.8) is 0 Å². The summed E-state index contributed by atoms with van der Waals surface area (Å²) < 4.78 is 11.0. The quantitative estimate of drug-likeness (QED) is 0.722. The minimum atomic E-state index is -0.0755. The van der Waals surface area contributed by atoms with Gasteiger partial charge in [-0.3, -0.25) is 4.79 Å². The van der Waals surface area contributed by atoms with Crippen molar-refractivity contribution in [2.24, 2.45) is 0 Å². The summed E-state index contributed by atoms with van der Waals surface area (Å²) >= 11 is 0. The third-order valence-corrected chi connectivity index (χ3v) is 4.66. The van der Waals surface area contributed by atoms with E-state index in [2.05, 4.69) is 10.1 Å². The molecule has 1 aliphatic heterocycles.